The Morgan fingerprint density at radius 1 is 0.853 bits per heavy atom. The average molecular weight is 459 g/mol. The molecule has 0 atom stereocenters. The van der Waals surface area contributed by atoms with Crippen molar-refractivity contribution in [1.82, 2.24) is 0 Å². The number of hydrogen-bond donors (Lipinski definition) is 1. The number of carbonyl (C=O) groups excluding carboxylic acids is 2. The topological polar surface area (TPSA) is 77.1 Å². The first-order valence-corrected chi connectivity index (χ1v) is 10.9. The van der Waals surface area contributed by atoms with Crippen LogP contribution < -0.4 is 24.4 Å². The van der Waals surface area contributed by atoms with Gasteiger partial charge in [0, 0.05) is 6.07 Å². The fourth-order valence-electron chi connectivity index (χ4n) is 3.84. The van der Waals surface area contributed by atoms with Crippen molar-refractivity contribution in [2.45, 2.75) is 13.8 Å². The Labute approximate surface area is 198 Å². The predicted molar refractivity (Wildman–Crippen MR) is 131 cm³/mol. The number of imide groups is 1. The molecule has 0 fully saturated rings. The van der Waals surface area contributed by atoms with Gasteiger partial charge >= 0.3 is 0 Å². The number of carbonyl (C=O) groups is 2. The molecule has 3 aromatic carbocycles. The van der Waals surface area contributed by atoms with Crippen molar-refractivity contribution in [2.75, 3.05) is 31.0 Å². The van der Waals surface area contributed by atoms with Crippen LogP contribution in [0.1, 0.15) is 18.1 Å². The van der Waals surface area contributed by atoms with E-state index in [0.29, 0.717) is 40.8 Å². The fourth-order valence-corrected chi connectivity index (χ4v) is 3.84. The van der Waals surface area contributed by atoms with Gasteiger partial charge in [-0.2, -0.15) is 0 Å². The molecular formula is C27H26N2O5. The molecule has 34 heavy (non-hydrogen) atoms. The fraction of sp³-hybridized carbons (Fsp3) is 0.185. The molecule has 1 N–H and O–H groups in total. The number of rotatable bonds is 8. The second-order valence-corrected chi connectivity index (χ2v) is 7.68. The largest absolute Gasteiger partial charge is 0.497 e. The van der Waals surface area contributed by atoms with Crippen molar-refractivity contribution in [1.29, 1.82) is 0 Å². The molecule has 1 aliphatic rings. The van der Waals surface area contributed by atoms with Gasteiger partial charge in [-0.15, -0.1) is 0 Å². The van der Waals surface area contributed by atoms with Crippen LogP contribution in [0.3, 0.4) is 0 Å². The second kappa shape index (κ2) is 9.70. The first kappa shape index (κ1) is 22.9. The number of nitrogens with zero attached hydrogens (tertiary/aromatic N) is 1. The van der Waals surface area contributed by atoms with Crippen molar-refractivity contribution in [3.05, 3.63) is 83.6 Å². The molecule has 4 rings (SSSR count). The molecule has 0 bridgehead atoms. The van der Waals surface area contributed by atoms with E-state index in [4.69, 9.17) is 14.2 Å². The maximum absolute atomic E-state index is 13.6. The summed E-state index contributed by atoms with van der Waals surface area (Å²) in [6.45, 7) is 4.35. The van der Waals surface area contributed by atoms with Crippen LogP contribution in [0.15, 0.2) is 72.4 Å². The van der Waals surface area contributed by atoms with E-state index in [1.54, 1.807) is 55.6 Å². The molecule has 0 saturated heterocycles. The molecule has 0 aromatic heterocycles. The zero-order chi connectivity index (χ0) is 24.2. The molecule has 0 unspecified atom stereocenters. The summed E-state index contributed by atoms with van der Waals surface area (Å²) in [4.78, 5) is 28.4. The van der Waals surface area contributed by atoms with Gasteiger partial charge in [0.1, 0.15) is 22.9 Å². The third-order valence-corrected chi connectivity index (χ3v) is 5.47. The molecule has 0 saturated carbocycles. The second-order valence-electron chi connectivity index (χ2n) is 7.68. The minimum atomic E-state index is -0.447. The highest BCUT2D eigenvalue weighted by Crippen LogP contribution is 2.37. The lowest BCUT2D eigenvalue weighted by molar-refractivity contribution is -0.120. The predicted octanol–water partition coefficient (Wildman–Crippen LogP) is 4.81. The zero-order valence-electron chi connectivity index (χ0n) is 19.5. The van der Waals surface area contributed by atoms with Gasteiger partial charge in [-0.3, -0.25) is 9.59 Å². The highest BCUT2D eigenvalue weighted by molar-refractivity contribution is 6.46. The quantitative estimate of drug-likeness (QED) is 0.489. The Hall–Kier alpha value is -4.26. The minimum Gasteiger partial charge on any atom is -0.497 e. The number of nitrogens with one attached hydrogen (secondary N) is 1. The Balaban J connectivity index is 1.82. The lowest BCUT2D eigenvalue weighted by atomic mass is 10.0. The summed E-state index contributed by atoms with van der Waals surface area (Å²) in [6, 6.07) is 19.6. The van der Waals surface area contributed by atoms with Crippen molar-refractivity contribution >= 4 is 28.8 Å². The monoisotopic (exact) mass is 458 g/mol. The van der Waals surface area contributed by atoms with Crippen LogP contribution in [0.2, 0.25) is 0 Å². The molecule has 0 radical (unpaired) electrons. The number of hydrogen-bond acceptors (Lipinski definition) is 6. The van der Waals surface area contributed by atoms with Crippen molar-refractivity contribution < 1.29 is 23.8 Å². The third kappa shape index (κ3) is 4.32. The van der Waals surface area contributed by atoms with Crippen molar-refractivity contribution in [3.8, 4) is 17.2 Å². The summed E-state index contributed by atoms with van der Waals surface area (Å²) in [7, 11) is 3.09. The van der Waals surface area contributed by atoms with Crippen LogP contribution >= 0.6 is 0 Å². The first-order valence-electron chi connectivity index (χ1n) is 10.9. The SMILES string of the molecule is CCOc1ccc(C2=C(Nc3ccc(OC)cc3OC)C(=O)N(c3cccc(C)c3)C2=O)cc1. The van der Waals surface area contributed by atoms with Gasteiger partial charge in [0.15, 0.2) is 0 Å². The molecule has 0 spiro atoms. The smallest absolute Gasteiger partial charge is 0.282 e. The number of aryl methyl sites for hydroxylation is 1. The number of anilines is 2. The van der Waals surface area contributed by atoms with Gasteiger partial charge in [0.2, 0.25) is 0 Å². The van der Waals surface area contributed by atoms with Crippen LogP contribution in [0.25, 0.3) is 5.57 Å². The van der Waals surface area contributed by atoms with Gasteiger partial charge in [0.25, 0.3) is 11.8 Å². The number of ether oxygens (including phenoxy) is 3. The van der Waals surface area contributed by atoms with Gasteiger partial charge in [-0.1, -0.05) is 24.3 Å². The normalized spacial score (nSPS) is 13.4. The first-order chi connectivity index (χ1) is 16.5. The maximum Gasteiger partial charge on any atom is 0.282 e. The van der Waals surface area contributed by atoms with Crippen molar-refractivity contribution in [3.63, 3.8) is 0 Å². The highest BCUT2D eigenvalue weighted by Gasteiger charge is 2.40. The van der Waals surface area contributed by atoms with Gasteiger partial charge < -0.3 is 19.5 Å². The van der Waals surface area contributed by atoms with E-state index in [1.165, 1.54) is 12.0 Å². The summed E-state index contributed by atoms with van der Waals surface area (Å²) in [5.74, 6) is 0.920. The van der Waals surface area contributed by atoms with Crippen LogP contribution in [0.4, 0.5) is 11.4 Å². The summed E-state index contributed by atoms with van der Waals surface area (Å²) in [6.07, 6.45) is 0. The molecule has 1 heterocycles. The van der Waals surface area contributed by atoms with Gasteiger partial charge in [-0.25, -0.2) is 4.90 Å². The minimum absolute atomic E-state index is 0.166. The molecule has 3 aromatic rings. The molecule has 174 valence electrons. The standard InChI is InChI=1S/C27H26N2O5/c1-5-34-20-11-9-18(10-12-20)24-25(28-22-14-13-21(32-3)16-23(22)33-4)27(31)29(26(24)30)19-8-6-7-17(2)15-19/h6-16,28H,5H2,1-4H3. The van der Waals surface area contributed by atoms with E-state index in [-0.39, 0.29) is 11.3 Å². The van der Waals surface area contributed by atoms with E-state index in [1.807, 2.05) is 32.0 Å². The molecular weight excluding hydrogens is 432 g/mol. The molecule has 7 nitrogen and oxygen atoms in total. The zero-order valence-corrected chi connectivity index (χ0v) is 19.5. The van der Waals surface area contributed by atoms with E-state index in [0.717, 1.165) is 5.56 Å². The maximum atomic E-state index is 13.6. The van der Waals surface area contributed by atoms with E-state index in [2.05, 4.69) is 5.32 Å². The summed E-state index contributed by atoms with van der Waals surface area (Å²) < 4.78 is 16.3. The average Bonchev–Trinajstić information content (AvgIpc) is 3.09. The third-order valence-electron chi connectivity index (χ3n) is 5.47. The van der Waals surface area contributed by atoms with Crippen molar-refractivity contribution in [2.24, 2.45) is 0 Å². The molecule has 2 amide bonds. The Morgan fingerprint density at radius 3 is 2.24 bits per heavy atom. The van der Waals surface area contributed by atoms with Crippen LogP contribution in [0, 0.1) is 6.92 Å². The van der Waals surface area contributed by atoms with Gasteiger partial charge in [-0.05, 0) is 61.4 Å². The lowest BCUT2D eigenvalue weighted by Gasteiger charge is -2.16. The lowest BCUT2D eigenvalue weighted by Crippen LogP contribution is -2.32. The number of benzene rings is 3. The van der Waals surface area contributed by atoms with E-state index in [9.17, 15) is 9.59 Å². The Morgan fingerprint density at radius 2 is 1.59 bits per heavy atom. The summed E-state index contributed by atoms with van der Waals surface area (Å²) in [5.41, 5.74) is 3.03. The summed E-state index contributed by atoms with van der Waals surface area (Å²) in [5, 5.41) is 3.15. The highest BCUT2D eigenvalue weighted by atomic mass is 16.5. The number of amides is 2. The number of methoxy groups -OCH3 is 2. The van der Waals surface area contributed by atoms with Crippen LogP contribution in [-0.4, -0.2) is 32.6 Å². The van der Waals surface area contributed by atoms with Crippen LogP contribution in [0.5, 0.6) is 17.2 Å². The van der Waals surface area contributed by atoms with Gasteiger partial charge in [0.05, 0.1) is 37.8 Å². The summed E-state index contributed by atoms with van der Waals surface area (Å²) >= 11 is 0. The van der Waals surface area contributed by atoms with E-state index >= 15 is 0 Å². The Kier molecular flexibility index (Phi) is 6.54. The van der Waals surface area contributed by atoms with E-state index < -0.39 is 11.8 Å². The molecule has 7 heteroatoms. The molecule has 1 aliphatic heterocycles. The van der Waals surface area contributed by atoms with Crippen LogP contribution in [-0.2, 0) is 9.59 Å². The molecule has 0 aliphatic carbocycles. The Bertz CT molecular complexity index is 1260.